The Kier molecular flexibility index (Phi) is 13.3. The monoisotopic (exact) mass is 572 g/mol. The number of aliphatic imine (C=N–C) groups is 2. The van der Waals surface area contributed by atoms with Gasteiger partial charge in [0.1, 0.15) is 23.0 Å². The van der Waals surface area contributed by atoms with Crippen LogP contribution in [0, 0.1) is 0 Å². The molecule has 0 saturated heterocycles. The second kappa shape index (κ2) is 14.7. The SMILES string of the molecule is COc1ccc(CN2C=C3N=C(Cc4cccc(OC(F)(F)F)c4)N=C3N(C)C2)cc1.O=S(=O)([O-])[O-].[Na+].[Na+]. The van der Waals surface area contributed by atoms with Gasteiger partial charge in [0.25, 0.3) is 0 Å². The van der Waals surface area contributed by atoms with Gasteiger partial charge in [-0.2, -0.15) is 0 Å². The number of ether oxygens (including phenoxy) is 2. The quantitative estimate of drug-likeness (QED) is 0.202. The molecule has 0 spiro atoms. The molecule has 2 heterocycles. The van der Waals surface area contributed by atoms with Crippen molar-refractivity contribution in [1.29, 1.82) is 0 Å². The van der Waals surface area contributed by atoms with Crippen LogP contribution in [0.5, 0.6) is 11.5 Å². The first-order chi connectivity index (χ1) is 16.8. The van der Waals surface area contributed by atoms with E-state index in [0.717, 1.165) is 22.8 Å². The van der Waals surface area contributed by atoms with Crippen molar-refractivity contribution in [3.63, 3.8) is 0 Å². The Bertz CT molecular complexity index is 1280. The van der Waals surface area contributed by atoms with Crippen LogP contribution in [0.3, 0.4) is 0 Å². The molecule has 0 saturated carbocycles. The summed E-state index contributed by atoms with van der Waals surface area (Å²) in [5.41, 5.74) is 2.51. The maximum absolute atomic E-state index is 12.5. The fourth-order valence-corrected chi connectivity index (χ4v) is 3.49. The van der Waals surface area contributed by atoms with Crippen LogP contribution in [-0.2, 0) is 23.4 Å². The first-order valence-corrected chi connectivity index (χ1v) is 11.6. The summed E-state index contributed by atoms with van der Waals surface area (Å²) in [4.78, 5) is 13.3. The van der Waals surface area contributed by atoms with Gasteiger partial charge in [0.2, 0.25) is 0 Å². The third-order valence-electron chi connectivity index (χ3n) is 4.81. The van der Waals surface area contributed by atoms with E-state index in [-0.39, 0.29) is 64.9 Å². The van der Waals surface area contributed by atoms with Gasteiger partial charge in [-0.05, 0) is 35.4 Å². The van der Waals surface area contributed by atoms with Crippen LogP contribution in [-0.4, -0.2) is 66.2 Å². The van der Waals surface area contributed by atoms with Crippen LogP contribution >= 0.6 is 0 Å². The molecule has 2 aliphatic heterocycles. The average molecular weight is 572 g/mol. The number of hydrogen-bond donors (Lipinski definition) is 0. The number of rotatable bonds is 6. The molecule has 0 atom stereocenters. The van der Waals surface area contributed by atoms with E-state index >= 15 is 0 Å². The molecule has 2 aliphatic rings. The topological polar surface area (TPSA) is 130 Å². The van der Waals surface area contributed by atoms with E-state index in [2.05, 4.69) is 19.6 Å². The first-order valence-electron chi connectivity index (χ1n) is 10.3. The van der Waals surface area contributed by atoms with Gasteiger partial charge in [0, 0.05) is 36.6 Å². The Morgan fingerprint density at radius 1 is 1.00 bits per heavy atom. The summed E-state index contributed by atoms with van der Waals surface area (Å²) in [6.07, 6.45) is -2.46. The van der Waals surface area contributed by atoms with Crippen LogP contribution < -0.4 is 68.6 Å². The van der Waals surface area contributed by atoms with Crippen LogP contribution in [0.25, 0.3) is 0 Å². The smallest absolute Gasteiger partial charge is 0.759 e. The summed E-state index contributed by atoms with van der Waals surface area (Å²) in [5.74, 6) is 1.85. The van der Waals surface area contributed by atoms with E-state index < -0.39 is 16.8 Å². The van der Waals surface area contributed by atoms with Gasteiger partial charge >= 0.3 is 65.5 Å². The van der Waals surface area contributed by atoms with Crippen molar-refractivity contribution in [2.45, 2.75) is 19.3 Å². The Hall–Kier alpha value is -1.62. The Morgan fingerprint density at radius 2 is 1.63 bits per heavy atom. The molecule has 0 amide bonds. The summed E-state index contributed by atoms with van der Waals surface area (Å²) in [5, 5.41) is 0. The van der Waals surface area contributed by atoms with Gasteiger partial charge in [-0.15, -0.1) is 13.2 Å². The summed E-state index contributed by atoms with van der Waals surface area (Å²) < 4.78 is 80.7. The molecular weight excluding hydrogens is 551 g/mol. The van der Waals surface area contributed by atoms with E-state index in [1.807, 2.05) is 42.4 Å². The number of methoxy groups -OCH3 is 1. The summed E-state index contributed by atoms with van der Waals surface area (Å²) >= 11 is 0. The molecule has 0 aromatic heterocycles. The zero-order valence-electron chi connectivity index (χ0n) is 21.1. The molecule has 0 bridgehead atoms. The molecule has 4 rings (SSSR count). The van der Waals surface area contributed by atoms with Crippen molar-refractivity contribution in [2.24, 2.45) is 9.98 Å². The van der Waals surface area contributed by atoms with Crippen LogP contribution in [0.2, 0.25) is 0 Å². The number of likely N-dealkylation sites (N-methyl/N-ethyl adjacent to an activating group) is 1. The summed E-state index contributed by atoms with van der Waals surface area (Å²) in [6.45, 7) is 1.35. The van der Waals surface area contributed by atoms with E-state index in [1.54, 1.807) is 13.2 Å². The minimum atomic E-state index is -5.17. The zero-order valence-corrected chi connectivity index (χ0v) is 25.9. The third-order valence-corrected chi connectivity index (χ3v) is 4.81. The number of halogens is 3. The third kappa shape index (κ3) is 11.6. The molecule has 0 aliphatic carbocycles. The molecule has 2 aromatic rings. The molecule has 194 valence electrons. The van der Waals surface area contributed by atoms with Crippen LogP contribution in [0.4, 0.5) is 13.2 Å². The van der Waals surface area contributed by atoms with Crippen molar-refractivity contribution >= 4 is 22.1 Å². The fourth-order valence-electron chi connectivity index (χ4n) is 3.49. The molecule has 0 fully saturated rings. The molecule has 38 heavy (non-hydrogen) atoms. The minimum Gasteiger partial charge on any atom is -0.759 e. The van der Waals surface area contributed by atoms with Gasteiger partial charge in [-0.25, -0.2) is 9.98 Å². The van der Waals surface area contributed by atoms with Crippen molar-refractivity contribution in [1.82, 2.24) is 9.80 Å². The predicted molar refractivity (Wildman–Crippen MR) is 121 cm³/mol. The van der Waals surface area contributed by atoms with Crippen molar-refractivity contribution in [3.8, 4) is 11.5 Å². The Labute approximate surface area is 262 Å². The maximum Gasteiger partial charge on any atom is 1.00 e. The van der Waals surface area contributed by atoms with Gasteiger partial charge in [-0.1, -0.05) is 24.3 Å². The second-order valence-corrected chi connectivity index (χ2v) is 8.51. The fraction of sp³-hybridized carbons (Fsp3) is 0.273. The maximum atomic E-state index is 12.5. The van der Waals surface area contributed by atoms with E-state index in [9.17, 15) is 13.2 Å². The Balaban J connectivity index is 0.000000946. The van der Waals surface area contributed by atoms with Gasteiger partial charge in [0.05, 0.1) is 13.8 Å². The van der Waals surface area contributed by atoms with E-state index in [4.69, 9.17) is 22.3 Å². The van der Waals surface area contributed by atoms with E-state index in [1.165, 1.54) is 18.2 Å². The summed E-state index contributed by atoms with van der Waals surface area (Å²) in [7, 11) is -1.60. The van der Waals surface area contributed by atoms with Gasteiger partial charge in [0.15, 0.2) is 5.84 Å². The van der Waals surface area contributed by atoms with Crippen LogP contribution in [0.15, 0.2) is 70.4 Å². The van der Waals surface area contributed by atoms with Crippen molar-refractivity contribution in [3.05, 3.63) is 71.6 Å². The van der Waals surface area contributed by atoms with Gasteiger partial charge < -0.3 is 28.4 Å². The molecule has 10 nitrogen and oxygen atoms in total. The molecule has 2 aromatic carbocycles. The number of hydrogen-bond acceptors (Lipinski definition) is 10. The Morgan fingerprint density at radius 3 is 2.21 bits per heavy atom. The number of benzene rings is 2. The van der Waals surface area contributed by atoms with Crippen molar-refractivity contribution < 1.29 is 99.3 Å². The van der Waals surface area contributed by atoms with E-state index in [0.29, 0.717) is 31.0 Å². The molecule has 0 unspecified atom stereocenters. The first kappa shape index (κ1) is 34.4. The molecule has 16 heteroatoms. The predicted octanol–water partition coefficient (Wildman–Crippen LogP) is -3.14. The standard InChI is InChI=1S/C22H21F3N4O2.2Na.H2O4S/c1-28-14-29(12-15-6-8-17(30-2)9-7-15)13-19-21(28)27-20(26-19)11-16-4-3-5-18(10-16)31-22(23,24)25;;;1-5(2,3)4/h3-10,13H,11-12,14H2,1-2H3;;;(H2,1,2,3,4)/q;2*+1;/p-2. The normalized spacial score (nSPS) is 14.4. The minimum absolute atomic E-state index is 0. The van der Waals surface area contributed by atoms with Gasteiger partial charge in [-0.3, -0.25) is 8.42 Å². The number of nitrogens with zero attached hydrogens (tertiary/aromatic N) is 4. The molecule has 0 radical (unpaired) electrons. The number of alkyl halides is 3. The second-order valence-electron chi connectivity index (χ2n) is 7.69. The van der Waals surface area contributed by atoms with Crippen molar-refractivity contribution in [2.75, 3.05) is 20.8 Å². The largest absolute Gasteiger partial charge is 1.00 e. The average Bonchev–Trinajstić information content (AvgIpc) is 3.15. The summed E-state index contributed by atoms with van der Waals surface area (Å²) in [6, 6.07) is 13.7. The molecule has 0 N–H and O–H groups in total. The number of fused-ring (bicyclic) bond motifs is 1. The zero-order chi connectivity index (χ0) is 26.5. The number of amidine groups is 2. The molecular formula is C22H21F3N4Na2O6S. The van der Waals surface area contributed by atoms with Crippen LogP contribution in [0.1, 0.15) is 11.1 Å².